The van der Waals surface area contributed by atoms with Crippen molar-refractivity contribution in [3.05, 3.63) is 64.1 Å². The molecule has 0 aromatic heterocycles. The van der Waals surface area contributed by atoms with Crippen LogP contribution in [0.3, 0.4) is 0 Å². The first kappa shape index (κ1) is 17.8. The molecule has 23 heavy (non-hydrogen) atoms. The highest BCUT2D eigenvalue weighted by molar-refractivity contribution is 9.10. The fraction of sp³-hybridized carbons (Fsp3) is 0.222. The molecule has 0 spiro atoms. The highest BCUT2D eigenvalue weighted by atomic mass is 79.9. The number of amides is 1. The minimum atomic E-state index is -0.165. The smallest absolute Gasteiger partial charge is 0.237 e. The predicted molar refractivity (Wildman–Crippen MR) is 100.0 cm³/mol. The van der Waals surface area contributed by atoms with Crippen LogP contribution in [0.25, 0.3) is 0 Å². The minimum absolute atomic E-state index is 0.0147. The second kappa shape index (κ2) is 8.31. The molecule has 1 amide bonds. The van der Waals surface area contributed by atoms with Gasteiger partial charge in [-0.25, -0.2) is 0 Å². The van der Waals surface area contributed by atoms with E-state index in [0.29, 0.717) is 11.3 Å². The van der Waals surface area contributed by atoms with Crippen LogP contribution in [0.15, 0.2) is 53.0 Å². The van der Waals surface area contributed by atoms with Crippen molar-refractivity contribution in [1.82, 2.24) is 0 Å². The van der Waals surface area contributed by atoms with Gasteiger partial charge in [0.05, 0.1) is 5.25 Å². The molecule has 0 saturated heterocycles. The normalized spacial score (nSPS) is 11.8. The maximum absolute atomic E-state index is 12.2. The molecule has 1 atom stereocenters. The van der Waals surface area contributed by atoms with E-state index in [-0.39, 0.29) is 16.9 Å². The largest absolute Gasteiger partial charge is 0.325 e. The van der Waals surface area contributed by atoms with E-state index < -0.39 is 0 Å². The predicted octanol–water partition coefficient (Wildman–Crippen LogP) is 4.91. The summed E-state index contributed by atoms with van der Waals surface area (Å²) in [7, 11) is 0. The molecule has 1 unspecified atom stereocenters. The van der Waals surface area contributed by atoms with Crippen molar-refractivity contribution >= 4 is 45.1 Å². The van der Waals surface area contributed by atoms with Gasteiger partial charge in [0.2, 0.25) is 5.91 Å². The molecule has 2 aromatic carbocycles. The van der Waals surface area contributed by atoms with Crippen molar-refractivity contribution in [2.45, 2.75) is 24.9 Å². The van der Waals surface area contributed by atoms with E-state index in [1.807, 2.05) is 25.1 Å². The van der Waals surface area contributed by atoms with Crippen molar-refractivity contribution < 1.29 is 9.59 Å². The summed E-state index contributed by atoms with van der Waals surface area (Å²) >= 11 is 5.03. The van der Waals surface area contributed by atoms with Crippen LogP contribution in [0, 0.1) is 0 Å². The second-order valence-electron chi connectivity index (χ2n) is 5.21. The van der Waals surface area contributed by atoms with Crippen molar-refractivity contribution in [3.8, 4) is 0 Å². The van der Waals surface area contributed by atoms with E-state index >= 15 is 0 Å². The van der Waals surface area contributed by atoms with Crippen LogP contribution in [0.1, 0.15) is 29.8 Å². The molecule has 1 N–H and O–H groups in total. The molecule has 0 heterocycles. The molecular weight excluding hydrogens is 374 g/mol. The molecule has 0 aliphatic heterocycles. The summed E-state index contributed by atoms with van der Waals surface area (Å²) in [5.74, 6) is 0.749. The molecule has 2 rings (SSSR count). The lowest BCUT2D eigenvalue weighted by atomic mass is 10.1. The first-order valence-electron chi connectivity index (χ1n) is 7.23. The van der Waals surface area contributed by atoms with Crippen LogP contribution in [0.4, 0.5) is 5.69 Å². The van der Waals surface area contributed by atoms with E-state index in [9.17, 15) is 9.59 Å². The van der Waals surface area contributed by atoms with Crippen molar-refractivity contribution in [3.63, 3.8) is 0 Å². The molecule has 0 aliphatic carbocycles. The van der Waals surface area contributed by atoms with Gasteiger partial charge in [0.1, 0.15) is 0 Å². The number of nitrogens with one attached hydrogen (secondary N) is 1. The van der Waals surface area contributed by atoms with Gasteiger partial charge in [-0.15, -0.1) is 11.8 Å². The number of anilines is 1. The molecule has 0 aliphatic rings. The van der Waals surface area contributed by atoms with Gasteiger partial charge in [0.25, 0.3) is 0 Å². The number of hydrogen-bond acceptors (Lipinski definition) is 3. The highest BCUT2D eigenvalue weighted by Crippen LogP contribution is 2.21. The lowest BCUT2D eigenvalue weighted by molar-refractivity contribution is -0.115. The van der Waals surface area contributed by atoms with Gasteiger partial charge in [-0.3, -0.25) is 9.59 Å². The number of carbonyl (C=O) groups excluding carboxylic acids is 2. The molecular formula is C18H18BrNO2S. The fourth-order valence-electron chi connectivity index (χ4n) is 1.96. The number of carbonyl (C=O) groups is 2. The third-order valence-corrected chi connectivity index (χ3v) is 5.02. The lowest BCUT2D eigenvalue weighted by Crippen LogP contribution is -2.22. The number of thioether (sulfide) groups is 1. The first-order chi connectivity index (χ1) is 11.0. The lowest BCUT2D eigenvalue weighted by Gasteiger charge is -2.12. The second-order valence-corrected chi connectivity index (χ2v) is 7.45. The third kappa shape index (κ3) is 5.52. The molecule has 0 radical (unpaired) electrons. The first-order valence-corrected chi connectivity index (χ1v) is 9.08. The van der Waals surface area contributed by atoms with Gasteiger partial charge in [-0.1, -0.05) is 28.1 Å². The quantitative estimate of drug-likeness (QED) is 0.711. The van der Waals surface area contributed by atoms with Gasteiger partial charge in [0, 0.05) is 21.5 Å². The van der Waals surface area contributed by atoms with E-state index in [2.05, 4.69) is 27.3 Å². The summed E-state index contributed by atoms with van der Waals surface area (Å²) in [5, 5.41) is 2.71. The molecule has 3 nitrogen and oxygen atoms in total. The molecule has 5 heteroatoms. The van der Waals surface area contributed by atoms with Crippen molar-refractivity contribution in [2.24, 2.45) is 0 Å². The van der Waals surface area contributed by atoms with E-state index in [1.54, 1.807) is 36.0 Å². The molecule has 0 fully saturated rings. The Balaban J connectivity index is 1.88. The number of hydrogen-bond donors (Lipinski definition) is 1. The Morgan fingerprint density at radius 3 is 2.48 bits per heavy atom. The topological polar surface area (TPSA) is 46.2 Å². The molecule has 120 valence electrons. The Kier molecular flexibility index (Phi) is 6.42. The molecule has 0 bridgehead atoms. The summed E-state index contributed by atoms with van der Waals surface area (Å²) < 4.78 is 1.04. The average molecular weight is 392 g/mol. The van der Waals surface area contributed by atoms with Crippen LogP contribution in [0.5, 0.6) is 0 Å². The summed E-state index contributed by atoms with van der Waals surface area (Å²) in [6.45, 7) is 3.41. The number of benzene rings is 2. The number of halogens is 1. The van der Waals surface area contributed by atoms with E-state index in [4.69, 9.17) is 0 Å². The summed E-state index contributed by atoms with van der Waals surface area (Å²) in [6.07, 6.45) is 0. The van der Waals surface area contributed by atoms with Crippen LogP contribution >= 0.6 is 27.7 Å². The Bertz CT molecular complexity index is 700. The maximum Gasteiger partial charge on any atom is 0.237 e. The van der Waals surface area contributed by atoms with Crippen LogP contribution in [0.2, 0.25) is 0 Å². The van der Waals surface area contributed by atoms with Gasteiger partial charge < -0.3 is 5.32 Å². The highest BCUT2D eigenvalue weighted by Gasteiger charge is 2.14. The van der Waals surface area contributed by atoms with Crippen molar-refractivity contribution in [1.29, 1.82) is 0 Å². The summed E-state index contributed by atoms with van der Waals surface area (Å²) in [6, 6.07) is 15.0. The van der Waals surface area contributed by atoms with E-state index in [0.717, 1.165) is 10.2 Å². The zero-order chi connectivity index (χ0) is 16.8. The van der Waals surface area contributed by atoms with Crippen LogP contribution < -0.4 is 5.32 Å². The Morgan fingerprint density at radius 2 is 1.87 bits per heavy atom. The fourth-order valence-corrected chi connectivity index (χ4v) is 3.23. The average Bonchev–Trinajstić information content (AvgIpc) is 2.53. The number of ketones is 1. The Hall–Kier alpha value is -1.59. The number of rotatable bonds is 6. The standard InChI is InChI=1S/C18H18BrNO2S/c1-12(21)15-6-8-17(9-7-15)20-18(22)13(2)23-11-14-4-3-5-16(19)10-14/h3-10,13H,11H2,1-2H3,(H,20,22). The Morgan fingerprint density at radius 1 is 1.17 bits per heavy atom. The van der Waals surface area contributed by atoms with Crippen molar-refractivity contribution in [2.75, 3.05) is 5.32 Å². The van der Waals surface area contributed by atoms with Gasteiger partial charge in [-0.2, -0.15) is 0 Å². The summed E-state index contributed by atoms with van der Waals surface area (Å²) in [4.78, 5) is 23.4. The zero-order valence-corrected chi connectivity index (χ0v) is 15.4. The summed E-state index contributed by atoms with van der Waals surface area (Å²) in [5.41, 5.74) is 2.52. The van der Waals surface area contributed by atoms with E-state index in [1.165, 1.54) is 12.5 Å². The zero-order valence-electron chi connectivity index (χ0n) is 13.0. The minimum Gasteiger partial charge on any atom is -0.325 e. The maximum atomic E-state index is 12.2. The molecule has 0 saturated carbocycles. The Labute approximate surface area is 149 Å². The third-order valence-electron chi connectivity index (χ3n) is 3.32. The number of Topliss-reactive ketones (excluding diaryl/α,β-unsaturated/α-hetero) is 1. The van der Waals surface area contributed by atoms with Gasteiger partial charge >= 0.3 is 0 Å². The van der Waals surface area contributed by atoms with Crippen LogP contribution in [-0.4, -0.2) is 16.9 Å². The monoisotopic (exact) mass is 391 g/mol. The van der Waals surface area contributed by atoms with Gasteiger partial charge in [0.15, 0.2) is 5.78 Å². The molecule has 2 aromatic rings. The SMILES string of the molecule is CC(=O)c1ccc(NC(=O)C(C)SCc2cccc(Br)c2)cc1. The van der Waals surface area contributed by atoms with Crippen LogP contribution in [-0.2, 0) is 10.5 Å². The van der Waals surface area contributed by atoms with Gasteiger partial charge in [-0.05, 0) is 55.8 Å².